The Bertz CT molecular complexity index is 396. The average Bonchev–Trinajstić information content (AvgIpc) is 3.26. The highest BCUT2D eigenvalue weighted by Crippen LogP contribution is 2.28. The third-order valence-corrected chi connectivity index (χ3v) is 3.95. The summed E-state index contributed by atoms with van der Waals surface area (Å²) in [5, 5.41) is 3.50. The molecule has 1 aliphatic carbocycles. The van der Waals surface area contributed by atoms with Gasteiger partial charge in [-0.05, 0) is 36.9 Å². The largest absolute Gasteiger partial charge is 0.310 e. The van der Waals surface area contributed by atoms with Crippen LogP contribution in [-0.4, -0.2) is 23.5 Å². The van der Waals surface area contributed by atoms with Crippen molar-refractivity contribution in [1.29, 1.82) is 0 Å². The highest BCUT2D eigenvalue weighted by atomic mass is 15.2. The van der Waals surface area contributed by atoms with Crippen molar-refractivity contribution in [3.8, 4) is 0 Å². The van der Waals surface area contributed by atoms with Gasteiger partial charge in [0.15, 0.2) is 0 Å². The van der Waals surface area contributed by atoms with Crippen LogP contribution in [0.2, 0.25) is 0 Å². The van der Waals surface area contributed by atoms with Crippen LogP contribution >= 0.6 is 0 Å². The van der Waals surface area contributed by atoms with Gasteiger partial charge in [-0.2, -0.15) is 0 Å². The van der Waals surface area contributed by atoms with Gasteiger partial charge in [0.1, 0.15) is 0 Å². The summed E-state index contributed by atoms with van der Waals surface area (Å²) in [4.78, 5) is 2.68. The molecule has 1 fully saturated rings. The summed E-state index contributed by atoms with van der Waals surface area (Å²) in [6.45, 7) is 10.0. The molecule has 0 saturated heterocycles. The van der Waals surface area contributed by atoms with Crippen molar-refractivity contribution in [2.45, 2.75) is 71.6 Å². The summed E-state index contributed by atoms with van der Waals surface area (Å²) >= 11 is 0. The minimum atomic E-state index is 0.547. The van der Waals surface area contributed by atoms with Gasteiger partial charge < -0.3 is 5.32 Å². The van der Waals surface area contributed by atoms with Gasteiger partial charge in [-0.3, -0.25) is 4.90 Å². The highest BCUT2D eigenvalue weighted by molar-refractivity contribution is 5.23. The van der Waals surface area contributed by atoms with Crippen LogP contribution in [0.3, 0.4) is 0 Å². The van der Waals surface area contributed by atoms with Gasteiger partial charge >= 0.3 is 0 Å². The molecule has 0 unspecified atom stereocenters. The van der Waals surface area contributed by atoms with Crippen molar-refractivity contribution >= 4 is 0 Å². The van der Waals surface area contributed by atoms with E-state index in [1.807, 2.05) is 0 Å². The van der Waals surface area contributed by atoms with E-state index in [4.69, 9.17) is 0 Å². The molecule has 1 aromatic carbocycles. The van der Waals surface area contributed by atoms with Crippen LogP contribution < -0.4 is 5.32 Å². The molecule has 0 aliphatic heterocycles. The van der Waals surface area contributed by atoms with Crippen molar-refractivity contribution in [2.75, 3.05) is 6.54 Å². The zero-order chi connectivity index (χ0) is 14.4. The fourth-order valence-electron chi connectivity index (χ4n) is 2.59. The first-order valence-corrected chi connectivity index (χ1v) is 8.24. The molecule has 0 atom stereocenters. The van der Waals surface area contributed by atoms with Gasteiger partial charge in [-0.25, -0.2) is 0 Å². The van der Waals surface area contributed by atoms with Gasteiger partial charge in [0.2, 0.25) is 0 Å². The van der Waals surface area contributed by atoms with Crippen LogP contribution in [0.15, 0.2) is 24.3 Å². The quantitative estimate of drug-likeness (QED) is 0.733. The number of hydrogen-bond donors (Lipinski definition) is 1. The Morgan fingerprint density at radius 1 is 1.25 bits per heavy atom. The molecule has 112 valence electrons. The molecular formula is C18H30N2. The lowest BCUT2D eigenvalue weighted by atomic mass is 10.1. The Labute approximate surface area is 124 Å². The molecule has 0 heterocycles. The minimum Gasteiger partial charge on any atom is -0.310 e. The lowest BCUT2D eigenvalue weighted by Gasteiger charge is -2.22. The number of unbranched alkanes of at least 4 members (excludes halogenated alkanes) is 1. The maximum Gasteiger partial charge on any atom is 0.0236 e. The van der Waals surface area contributed by atoms with Crippen LogP contribution in [0.25, 0.3) is 0 Å². The van der Waals surface area contributed by atoms with E-state index in [1.165, 1.54) is 43.4 Å². The maximum absolute atomic E-state index is 3.50. The summed E-state index contributed by atoms with van der Waals surface area (Å²) in [5.74, 6) is 0. The van der Waals surface area contributed by atoms with Gasteiger partial charge in [0.25, 0.3) is 0 Å². The van der Waals surface area contributed by atoms with E-state index in [0.29, 0.717) is 6.04 Å². The number of rotatable bonds is 9. The Morgan fingerprint density at radius 2 is 2.00 bits per heavy atom. The molecule has 0 aromatic heterocycles. The van der Waals surface area contributed by atoms with Gasteiger partial charge in [-0.1, -0.05) is 51.5 Å². The second-order valence-electron chi connectivity index (χ2n) is 6.41. The third kappa shape index (κ3) is 5.26. The van der Waals surface area contributed by atoms with Crippen LogP contribution in [0.5, 0.6) is 0 Å². The first-order valence-electron chi connectivity index (χ1n) is 8.24. The number of benzene rings is 1. The molecule has 20 heavy (non-hydrogen) atoms. The van der Waals surface area contributed by atoms with Crippen LogP contribution in [-0.2, 0) is 13.1 Å². The maximum atomic E-state index is 3.50. The molecule has 2 heteroatoms. The summed E-state index contributed by atoms with van der Waals surface area (Å²) in [5.41, 5.74) is 2.87. The summed E-state index contributed by atoms with van der Waals surface area (Å²) < 4.78 is 0. The summed E-state index contributed by atoms with van der Waals surface area (Å²) in [7, 11) is 0. The van der Waals surface area contributed by atoms with E-state index < -0.39 is 0 Å². The third-order valence-electron chi connectivity index (χ3n) is 3.95. The second kappa shape index (κ2) is 7.80. The molecule has 1 aromatic rings. The van der Waals surface area contributed by atoms with E-state index in [-0.39, 0.29) is 0 Å². The monoisotopic (exact) mass is 274 g/mol. The zero-order valence-corrected chi connectivity index (χ0v) is 13.4. The predicted octanol–water partition coefficient (Wildman–Crippen LogP) is 3.95. The summed E-state index contributed by atoms with van der Waals surface area (Å²) in [6, 6.07) is 10.5. The first kappa shape index (κ1) is 15.5. The minimum absolute atomic E-state index is 0.547. The van der Waals surface area contributed by atoms with Crippen molar-refractivity contribution in [1.82, 2.24) is 10.2 Å². The zero-order valence-electron chi connectivity index (χ0n) is 13.4. The Kier molecular flexibility index (Phi) is 6.06. The van der Waals surface area contributed by atoms with Gasteiger partial charge in [0.05, 0.1) is 0 Å². The van der Waals surface area contributed by atoms with Gasteiger partial charge in [-0.15, -0.1) is 0 Å². The fourth-order valence-corrected chi connectivity index (χ4v) is 2.59. The van der Waals surface area contributed by atoms with E-state index in [2.05, 4.69) is 55.3 Å². The Hall–Kier alpha value is -0.860. The van der Waals surface area contributed by atoms with E-state index in [1.54, 1.807) is 0 Å². The number of nitrogens with zero attached hydrogens (tertiary/aromatic N) is 1. The van der Waals surface area contributed by atoms with E-state index in [0.717, 1.165) is 19.1 Å². The van der Waals surface area contributed by atoms with Crippen LogP contribution in [0, 0.1) is 0 Å². The summed E-state index contributed by atoms with van der Waals surface area (Å²) in [6.07, 6.45) is 5.42. The molecule has 1 aliphatic rings. The SMILES string of the molecule is CCCCN(Cc1cccc(CNC(C)C)c1)C1CC1. The molecule has 0 bridgehead atoms. The van der Waals surface area contributed by atoms with Gasteiger partial charge in [0, 0.05) is 25.2 Å². The molecule has 2 rings (SSSR count). The molecular weight excluding hydrogens is 244 g/mol. The van der Waals surface area contributed by atoms with Crippen molar-refractivity contribution in [3.63, 3.8) is 0 Å². The molecule has 1 saturated carbocycles. The molecule has 0 radical (unpaired) electrons. The smallest absolute Gasteiger partial charge is 0.0236 e. The lowest BCUT2D eigenvalue weighted by molar-refractivity contribution is 0.250. The van der Waals surface area contributed by atoms with E-state index in [9.17, 15) is 0 Å². The lowest BCUT2D eigenvalue weighted by Crippen LogP contribution is -2.27. The topological polar surface area (TPSA) is 15.3 Å². The van der Waals surface area contributed by atoms with Crippen molar-refractivity contribution in [3.05, 3.63) is 35.4 Å². The Balaban J connectivity index is 1.91. The van der Waals surface area contributed by atoms with Crippen molar-refractivity contribution in [2.24, 2.45) is 0 Å². The first-order chi connectivity index (χ1) is 9.69. The molecule has 0 spiro atoms. The molecule has 1 N–H and O–H groups in total. The van der Waals surface area contributed by atoms with Crippen molar-refractivity contribution < 1.29 is 0 Å². The number of hydrogen-bond acceptors (Lipinski definition) is 2. The molecule has 0 amide bonds. The Morgan fingerprint density at radius 3 is 2.65 bits per heavy atom. The molecule has 2 nitrogen and oxygen atoms in total. The fraction of sp³-hybridized carbons (Fsp3) is 0.667. The highest BCUT2D eigenvalue weighted by Gasteiger charge is 2.28. The average molecular weight is 274 g/mol. The standard InChI is InChI=1S/C18H30N2/c1-4-5-11-20(18-9-10-18)14-17-8-6-7-16(12-17)13-19-15(2)3/h6-8,12,15,18-19H,4-5,9-11,13-14H2,1-3H3. The number of nitrogens with one attached hydrogen (secondary N) is 1. The second-order valence-corrected chi connectivity index (χ2v) is 6.41. The van der Waals surface area contributed by atoms with E-state index >= 15 is 0 Å². The predicted molar refractivity (Wildman–Crippen MR) is 86.8 cm³/mol. The van der Waals surface area contributed by atoms with Crippen LogP contribution in [0.4, 0.5) is 0 Å². The van der Waals surface area contributed by atoms with Crippen LogP contribution in [0.1, 0.15) is 57.6 Å². The normalized spacial score (nSPS) is 15.2.